The molecule has 0 bridgehead atoms. The van der Waals surface area contributed by atoms with E-state index in [-0.39, 0.29) is 0 Å². The van der Waals surface area contributed by atoms with Crippen LogP contribution in [0.2, 0.25) is 0 Å². The van der Waals surface area contributed by atoms with Crippen molar-refractivity contribution in [2.75, 3.05) is 0 Å². The molecule has 20 heavy (non-hydrogen) atoms. The molecule has 0 fully saturated rings. The molecular weight excluding hydrogens is 359 g/mol. The van der Waals surface area contributed by atoms with Gasteiger partial charge in [-0.1, -0.05) is 18.2 Å². The van der Waals surface area contributed by atoms with Crippen molar-refractivity contribution in [3.05, 3.63) is 72.9 Å². The smallest absolute Gasteiger partial charge is 0.0876 e. The predicted molar refractivity (Wildman–Crippen MR) is 80.7 cm³/mol. The molecule has 2 nitrogen and oxygen atoms in total. The third kappa shape index (κ3) is 3.75. The molecular formula is C16H11BrN2Ni-. The third-order valence-electron chi connectivity index (χ3n) is 2.66. The van der Waals surface area contributed by atoms with Crippen molar-refractivity contribution in [3.8, 4) is 22.6 Å². The number of rotatable bonds is 2. The largest absolute Gasteiger partial charge is 0.295 e. The minimum absolute atomic E-state index is 0.880. The Morgan fingerprint density at radius 2 is 1.55 bits per heavy atom. The molecule has 4 heteroatoms. The summed E-state index contributed by atoms with van der Waals surface area (Å²) in [5.74, 6) is 0. The Labute approximate surface area is 133 Å². The van der Waals surface area contributed by atoms with Gasteiger partial charge in [0.05, 0.1) is 11.4 Å². The van der Waals surface area contributed by atoms with Gasteiger partial charge < -0.3 is 0 Å². The van der Waals surface area contributed by atoms with E-state index in [1.165, 1.54) is 0 Å². The van der Waals surface area contributed by atoms with Crippen LogP contribution in [0.1, 0.15) is 0 Å². The number of nitrogens with zero attached hydrogens (tertiary/aromatic N) is 2. The third-order valence-corrected chi connectivity index (χ3v) is 2.66. The Morgan fingerprint density at radius 3 is 2.25 bits per heavy atom. The first-order valence-corrected chi connectivity index (χ1v) is 8.35. The SMILES string of the molecule is [Ni][Br].[c-]1ccccc1-c1cccc(-c2ccccn2)n1. The Balaban J connectivity index is 0.000000704. The zero-order valence-electron chi connectivity index (χ0n) is 10.4. The maximum Gasteiger partial charge on any atom is 0.0876 e. The van der Waals surface area contributed by atoms with E-state index in [0.29, 0.717) is 0 Å². The summed E-state index contributed by atoms with van der Waals surface area (Å²) in [6.45, 7) is 0. The van der Waals surface area contributed by atoms with Crippen molar-refractivity contribution in [2.45, 2.75) is 0 Å². The zero-order chi connectivity index (χ0) is 14.2. The second-order valence-corrected chi connectivity index (χ2v) is 3.90. The molecule has 0 saturated carbocycles. The van der Waals surface area contributed by atoms with E-state index >= 15 is 0 Å². The summed E-state index contributed by atoms with van der Waals surface area (Å²) < 4.78 is 0. The van der Waals surface area contributed by atoms with Gasteiger partial charge in [-0.15, -0.1) is 35.9 Å². The monoisotopic (exact) mass is 368 g/mol. The van der Waals surface area contributed by atoms with Gasteiger partial charge in [-0.05, 0) is 23.9 Å². The van der Waals surface area contributed by atoms with Crippen molar-refractivity contribution in [1.82, 2.24) is 9.97 Å². The predicted octanol–water partition coefficient (Wildman–Crippen LogP) is 4.45. The van der Waals surface area contributed by atoms with Crippen LogP contribution in [0.15, 0.2) is 66.9 Å². The number of hydrogen-bond acceptors (Lipinski definition) is 2. The van der Waals surface area contributed by atoms with Gasteiger partial charge in [0.15, 0.2) is 0 Å². The first-order chi connectivity index (χ1) is 9.93. The second-order valence-electron chi connectivity index (χ2n) is 3.90. The topological polar surface area (TPSA) is 25.8 Å². The first-order valence-electron chi connectivity index (χ1n) is 5.91. The van der Waals surface area contributed by atoms with Crippen LogP contribution in [0.25, 0.3) is 22.6 Å². The van der Waals surface area contributed by atoms with Gasteiger partial charge >= 0.3 is 27.9 Å². The standard InChI is InChI=1S/C16H11N2.BrH.Ni/c1-2-7-13(8-3-1)14-10-6-11-16(18-14)15-9-4-5-12-17-15;;/h1-7,9-12H;1H;/q-1;;+1/p-1. The fourth-order valence-corrected chi connectivity index (χ4v) is 1.79. The second kappa shape index (κ2) is 7.93. The zero-order valence-corrected chi connectivity index (χ0v) is 13.0. The number of benzene rings is 1. The van der Waals surface area contributed by atoms with Gasteiger partial charge in [-0.25, -0.2) is 0 Å². The van der Waals surface area contributed by atoms with Crippen LogP contribution in [0, 0.1) is 6.07 Å². The van der Waals surface area contributed by atoms with Gasteiger partial charge in [0, 0.05) is 6.20 Å². The van der Waals surface area contributed by atoms with Crippen molar-refractivity contribution in [3.63, 3.8) is 0 Å². The number of aromatic nitrogens is 2. The Bertz CT molecular complexity index is 590. The molecule has 0 unspecified atom stereocenters. The number of hydrogen-bond donors (Lipinski definition) is 0. The Morgan fingerprint density at radius 1 is 0.800 bits per heavy atom. The van der Waals surface area contributed by atoms with E-state index in [0.717, 1.165) is 22.6 Å². The van der Waals surface area contributed by atoms with E-state index in [4.69, 9.17) is 0 Å². The van der Waals surface area contributed by atoms with Crippen LogP contribution in [0.4, 0.5) is 0 Å². The first kappa shape index (κ1) is 14.9. The summed E-state index contributed by atoms with van der Waals surface area (Å²) in [5.41, 5.74) is 3.68. The van der Waals surface area contributed by atoms with Crippen molar-refractivity contribution in [2.24, 2.45) is 0 Å². The Hall–Kier alpha value is -1.51. The summed E-state index contributed by atoms with van der Waals surface area (Å²) in [4.78, 5) is 8.93. The molecule has 2 heterocycles. The van der Waals surface area contributed by atoms with Crippen LogP contribution < -0.4 is 0 Å². The molecule has 0 saturated heterocycles. The van der Waals surface area contributed by atoms with E-state index in [1.807, 2.05) is 60.7 Å². The summed E-state index contributed by atoms with van der Waals surface area (Å²) in [5, 5.41) is 0. The Kier molecular flexibility index (Phi) is 5.91. The van der Waals surface area contributed by atoms with Crippen molar-refractivity contribution in [1.29, 1.82) is 0 Å². The molecule has 3 aromatic rings. The summed E-state index contributed by atoms with van der Waals surface area (Å²) in [6, 6.07) is 22.8. The molecule has 1 aromatic carbocycles. The molecule has 0 aliphatic carbocycles. The molecule has 103 valence electrons. The average molecular weight is 370 g/mol. The molecule has 0 aliphatic heterocycles. The van der Waals surface area contributed by atoms with E-state index in [1.54, 1.807) is 6.20 Å². The maximum absolute atomic E-state index is 4.62. The van der Waals surface area contributed by atoms with E-state index in [2.05, 4.69) is 44.0 Å². The van der Waals surface area contributed by atoms with Gasteiger partial charge in [-0.3, -0.25) is 9.97 Å². The van der Waals surface area contributed by atoms with Crippen LogP contribution in [-0.2, 0) is 13.7 Å². The quantitative estimate of drug-likeness (QED) is 0.492. The molecule has 2 aromatic heterocycles. The normalized spacial score (nSPS) is 9.55. The molecule has 0 amide bonds. The van der Waals surface area contributed by atoms with Crippen LogP contribution >= 0.6 is 14.2 Å². The molecule has 0 N–H and O–H groups in total. The molecule has 0 spiro atoms. The van der Waals surface area contributed by atoms with Crippen LogP contribution in [0.3, 0.4) is 0 Å². The van der Waals surface area contributed by atoms with Gasteiger partial charge in [0.2, 0.25) is 0 Å². The molecule has 0 aliphatic rings. The summed E-state index contributed by atoms with van der Waals surface area (Å²) in [7, 11) is 0. The number of pyridine rings is 2. The molecule has 3 rings (SSSR count). The van der Waals surface area contributed by atoms with Gasteiger partial charge in [0.1, 0.15) is 0 Å². The van der Waals surface area contributed by atoms with E-state index < -0.39 is 0 Å². The van der Waals surface area contributed by atoms with Crippen molar-refractivity contribution >= 4 is 14.2 Å². The van der Waals surface area contributed by atoms with Crippen molar-refractivity contribution < 1.29 is 13.7 Å². The minimum Gasteiger partial charge on any atom is -0.295 e. The fourth-order valence-electron chi connectivity index (χ4n) is 1.79. The average Bonchev–Trinajstić information content (AvgIpc) is 2.58. The van der Waals surface area contributed by atoms with Gasteiger partial charge in [-0.2, -0.15) is 0 Å². The summed E-state index contributed by atoms with van der Waals surface area (Å²) in [6.07, 6.45) is 1.78. The molecule has 0 atom stereocenters. The molecule has 0 radical (unpaired) electrons. The number of halogens is 1. The van der Waals surface area contributed by atoms with Gasteiger partial charge in [0.25, 0.3) is 0 Å². The minimum atomic E-state index is 0.880. The fraction of sp³-hybridized carbons (Fsp3) is 0. The van der Waals surface area contributed by atoms with E-state index in [9.17, 15) is 0 Å². The summed E-state index contributed by atoms with van der Waals surface area (Å²) >= 11 is 6.25. The van der Waals surface area contributed by atoms with Crippen LogP contribution in [0.5, 0.6) is 0 Å². The van der Waals surface area contributed by atoms with Crippen LogP contribution in [-0.4, -0.2) is 9.97 Å². The maximum atomic E-state index is 4.62.